The summed E-state index contributed by atoms with van der Waals surface area (Å²) in [5.41, 5.74) is 2.58. The van der Waals surface area contributed by atoms with E-state index in [-0.39, 0.29) is 5.91 Å². The summed E-state index contributed by atoms with van der Waals surface area (Å²) in [5, 5.41) is 3.28. The van der Waals surface area contributed by atoms with Crippen LogP contribution in [0.15, 0.2) is 24.3 Å². The summed E-state index contributed by atoms with van der Waals surface area (Å²) >= 11 is 1.71. The van der Waals surface area contributed by atoms with Crippen LogP contribution in [0, 0.1) is 6.92 Å². The zero-order valence-electron chi connectivity index (χ0n) is 12.4. The third-order valence-corrected chi connectivity index (χ3v) is 4.75. The Kier molecular flexibility index (Phi) is 5.92. The van der Waals surface area contributed by atoms with Crippen molar-refractivity contribution in [2.45, 2.75) is 31.6 Å². The molecule has 0 aliphatic carbocycles. The molecule has 1 aliphatic rings. The molecular weight excluding hydrogens is 268 g/mol. The fourth-order valence-corrected chi connectivity index (χ4v) is 3.46. The van der Waals surface area contributed by atoms with Crippen LogP contribution in [0.3, 0.4) is 0 Å². The molecule has 2 rings (SSSR count). The Hall–Kier alpha value is -1.00. The Labute approximate surface area is 126 Å². The Morgan fingerprint density at radius 2 is 2.35 bits per heavy atom. The van der Waals surface area contributed by atoms with Crippen molar-refractivity contribution >= 4 is 17.7 Å². The topological polar surface area (TPSA) is 32.3 Å². The number of hydrogen-bond donors (Lipinski definition) is 1. The number of piperidine rings is 1. The van der Waals surface area contributed by atoms with Gasteiger partial charge in [-0.15, -0.1) is 11.8 Å². The molecule has 1 aromatic carbocycles. The number of aryl methyl sites for hydroxylation is 1. The molecule has 0 aromatic heterocycles. The molecular formula is C16H24N2OS. The quantitative estimate of drug-likeness (QED) is 0.904. The number of likely N-dealkylation sites (N-methyl/N-ethyl adjacent to an activating group) is 1. The molecule has 1 unspecified atom stereocenters. The molecule has 1 fully saturated rings. The number of amides is 1. The van der Waals surface area contributed by atoms with Gasteiger partial charge in [-0.05, 0) is 32.4 Å². The van der Waals surface area contributed by atoms with Crippen LogP contribution in [-0.2, 0) is 10.5 Å². The first-order valence-electron chi connectivity index (χ1n) is 7.27. The van der Waals surface area contributed by atoms with Crippen molar-refractivity contribution < 1.29 is 4.79 Å². The van der Waals surface area contributed by atoms with Gasteiger partial charge in [0.1, 0.15) is 0 Å². The van der Waals surface area contributed by atoms with E-state index in [4.69, 9.17) is 0 Å². The zero-order chi connectivity index (χ0) is 14.4. The fraction of sp³-hybridized carbons (Fsp3) is 0.562. The van der Waals surface area contributed by atoms with Crippen LogP contribution in [0.2, 0.25) is 0 Å². The maximum Gasteiger partial charge on any atom is 0.232 e. The van der Waals surface area contributed by atoms with Crippen molar-refractivity contribution in [1.82, 2.24) is 10.2 Å². The normalized spacial score (nSPS) is 19.1. The van der Waals surface area contributed by atoms with Crippen molar-refractivity contribution in [2.75, 3.05) is 25.9 Å². The predicted octanol–water partition coefficient (Wildman–Crippen LogP) is 2.44. The second kappa shape index (κ2) is 7.70. The molecule has 0 saturated carbocycles. The molecule has 20 heavy (non-hydrogen) atoms. The summed E-state index contributed by atoms with van der Waals surface area (Å²) in [5.74, 6) is 1.78. The van der Waals surface area contributed by atoms with Gasteiger partial charge in [-0.1, -0.05) is 29.8 Å². The van der Waals surface area contributed by atoms with E-state index in [1.807, 2.05) is 11.9 Å². The average molecular weight is 292 g/mol. The molecule has 1 amide bonds. The lowest BCUT2D eigenvalue weighted by Crippen LogP contribution is -2.47. The Bertz CT molecular complexity index is 450. The van der Waals surface area contributed by atoms with E-state index < -0.39 is 0 Å². The van der Waals surface area contributed by atoms with Crippen molar-refractivity contribution in [3.63, 3.8) is 0 Å². The molecule has 1 N–H and O–H groups in total. The number of nitrogens with one attached hydrogen (secondary N) is 1. The number of benzene rings is 1. The van der Waals surface area contributed by atoms with Gasteiger partial charge in [-0.2, -0.15) is 0 Å². The molecule has 110 valence electrons. The average Bonchev–Trinajstić information content (AvgIpc) is 2.47. The lowest BCUT2D eigenvalue weighted by Gasteiger charge is -2.32. The highest BCUT2D eigenvalue weighted by atomic mass is 32.2. The van der Waals surface area contributed by atoms with Crippen LogP contribution >= 0.6 is 11.8 Å². The van der Waals surface area contributed by atoms with Crippen LogP contribution in [-0.4, -0.2) is 42.7 Å². The van der Waals surface area contributed by atoms with Gasteiger partial charge in [0, 0.05) is 24.9 Å². The van der Waals surface area contributed by atoms with Gasteiger partial charge in [0.25, 0.3) is 0 Å². The van der Waals surface area contributed by atoms with E-state index in [1.165, 1.54) is 17.5 Å². The first-order valence-corrected chi connectivity index (χ1v) is 8.43. The minimum atomic E-state index is 0.280. The standard InChI is InChI=1S/C16H24N2OS/c1-13-5-3-6-14(9-13)11-20-12-16(19)18-8-4-7-15(10-18)17-2/h3,5-6,9,15,17H,4,7-8,10-12H2,1-2H3. The number of rotatable bonds is 5. The van der Waals surface area contributed by atoms with Gasteiger partial charge in [-0.3, -0.25) is 4.79 Å². The van der Waals surface area contributed by atoms with Crippen LogP contribution in [0.1, 0.15) is 24.0 Å². The third-order valence-electron chi connectivity index (χ3n) is 3.76. The van der Waals surface area contributed by atoms with Gasteiger partial charge in [0.15, 0.2) is 0 Å². The van der Waals surface area contributed by atoms with Crippen molar-refractivity contribution in [2.24, 2.45) is 0 Å². The van der Waals surface area contributed by atoms with Crippen molar-refractivity contribution in [1.29, 1.82) is 0 Å². The van der Waals surface area contributed by atoms with Crippen LogP contribution < -0.4 is 5.32 Å². The highest BCUT2D eigenvalue weighted by molar-refractivity contribution is 7.99. The van der Waals surface area contributed by atoms with Crippen LogP contribution in [0.25, 0.3) is 0 Å². The molecule has 1 aliphatic heterocycles. The molecule has 3 nitrogen and oxygen atoms in total. The second-order valence-electron chi connectivity index (χ2n) is 5.45. The predicted molar refractivity (Wildman–Crippen MR) is 86.0 cm³/mol. The lowest BCUT2D eigenvalue weighted by molar-refractivity contribution is -0.129. The Morgan fingerprint density at radius 3 is 3.10 bits per heavy atom. The maximum absolute atomic E-state index is 12.2. The number of likely N-dealkylation sites (tertiary alicyclic amines) is 1. The fourth-order valence-electron chi connectivity index (χ4n) is 2.59. The Balaban J connectivity index is 1.75. The summed E-state index contributed by atoms with van der Waals surface area (Å²) < 4.78 is 0. The molecule has 1 atom stereocenters. The van der Waals surface area contributed by atoms with E-state index in [0.717, 1.165) is 25.3 Å². The molecule has 0 spiro atoms. The van der Waals surface area contributed by atoms with Gasteiger partial charge >= 0.3 is 0 Å². The van der Waals surface area contributed by atoms with Crippen molar-refractivity contribution in [3.8, 4) is 0 Å². The smallest absolute Gasteiger partial charge is 0.232 e. The molecule has 1 saturated heterocycles. The number of carbonyl (C=O) groups is 1. The summed E-state index contributed by atoms with van der Waals surface area (Å²) in [6.45, 7) is 3.88. The second-order valence-corrected chi connectivity index (χ2v) is 6.44. The Morgan fingerprint density at radius 1 is 1.50 bits per heavy atom. The molecule has 1 aromatic rings. The van der Waals surface area contributed by atoms with E-state index in [0.29, 0.717) is 11.8 Å². The largest absolute Gasteiger partial charge is 0.340 e. The molecule has 0 radical (unpaired) electrons. The minimum Gasteiger partial charge on any atom is -0.340 e. The van der Waals surface area contributed by atoms with E-state index in [2.05, 4.69) is 36.5 Å². The first-order chi connectivity index (χ1) is 9.69. The summed E-state index contributed by atoms with van der Waals surface area (Å²) in [6.07, 6.45) is 2.29. The van der Waals surface area contributed by atoms with E-state index in [9.17, 15) is 4.79 Å². The summed E-state index contributed by atoms with van der Waals surface area (Å²) in [6, 6.07) is 8.97. The van der Waals surface area contributed by atoms with Crippen LogP contribution in [0.4, 0.5) is 0 Å². The number of carbonyl (C=O) groups excluding carboxylic acids is 1. The highest BCUT2D eigenvalue weighted by Crippen LogP contribution is 2.16. The maximum atomic E-state index is 12.2. The molecule has 4 heteroatoms. The van der Waals surface area contributed by atoms with E-state index >= 15 is 0 Å². The number of hydrogen-bond acceptors (Lipinski definition) is 3. The molecule has 1 heterocycles. The van der Waals surface area contributed by atoms with Gasteiger partial charge in [0.2, 0.25) is 5.91 Å². The first kappa shape index (κ1) is 15.4. The SMILES string of the molecule is CNC1CCCN(C(=O)CSCc2cccc(C)c2)C1. The van der Waals surface area contributed by atoms with Gasteiger partial charge in [-0.25, -0.2) is 0 Å². The van der Waals surface area contributed by atoms with Crippen molar-refractivity contribution in [3.05, 3.63) is 35.4 Å². The molecule has 0 bridgehead atoms. The monoisotopic (exact) mass is 292 g/mol. The van der Waals surface area contributed by atoms with Gasteiger partial charge < -0.3 is 10.2 Å². The van der Waals surface area contributed by atoms with E-state index in [1.54, 1.807) is 11.8 Å². The number of nitrogens with zero attached hydrogens (tertiary/aromatic N) is 1. The summed E-state index contributed by atoms with van der Waals surface area (Å²) in [4.78, 5) is 14.2. The third kappa shape index (κ3) is 4.53. The van der Waals surface area contributed by atoms with Crippen LogP contribution in [0.5, 0.6) is 0 Å². The minimum absolute atomic E-state index is 0.280. The van der Waals surface area contributed by atoms with Gasteiger partial charge in [0.05, 0.1) is 5.75 Å². The lowest BCUT2D eigenvalue weighted by atomic mass is 10.1. The summed E-state index contributed by atoms with van der Waals surface area (Å²) in [7, 11) is 1.98. The number of thioether (sulfide) groups is 1. The zero-order valence-corrected chi connectivity index (χ0v) is 13.2. The highest BCUT2D eigenvalue weighted by Gasteiger charge is 2.22.